The minimum absolute atomic E-state index is 0.596. The van der Waals surface area contributed by atoms with Crippen molar-refractivity contribution in [3.63, 3.8) is 0 Å². The molecule has 96 valence electrons. The van der Waals surface area contributed by atoms with Crippen LogP contribution in [0, 0.1) is 13.8 Å². The molecule has 1 aromatic carbocycles. The molecular weight excluding hydrogens is 222 g/mol. The number of nitrogens with zero attached hydrogens (tertiary/aromatic N) is 1. The minimum Gasteiger partial charge on any atom is -0.468 e. The second-order valence-corrected chi connectivity index (χ2v) is 5.67. The van der Waals surface area contributed by atoms with E-state index in [1.807, 2.05) is 6.26 Å². The highest BCUT2D eigenvalue weighted by Crippen LogP contribution is 2.36. The second-order valence-electron chi connectivity index (χ2n) is 5.67. The lowest BCUT2D eigenvalue weighted by molar-refractivity contribution is 0.241. The molecule has 0 N–H and O–H groups in total. The highest BCUT2D eigenvalue weighted by atomic mass is 16.3. The number of piperidine rings is 1. The van der Waals surface area contributed by atoms with E-state index in [0.717, 1.165) is 0 Å². The summed E-state index contributed by atoms with van der Waals surface area (Å²) in [4.78, 5) is 2.40. The average molecular weight is 243 g/mol. The zero-order valence-electron chi connectivity index (χ0n) is 11.5. The van der Waals surface area contributed by atoms with Crippen LogP contribution in [0.25, 0.3) is 10.8 Å². The zero-order chi connectivity index (χ0) is 12.7. The first-order chi connectivity index (χ1) is 8.66. The van der Waals surface area contributed by atoms with Crippen LogP contribution in [-0.2, 0) is 0 Å². The molecule has 0 amide bonds. The lowest BCUT2D eigenvalue weighted by Crippen LogP contribution is -2.29. The fourth-order valence-electron chi connectivity index (χ4n) is 3.06. The Morgan fingerprint density at radius 2 is 1.78 bits per heavy atom. The van der Waals surface area contributed by atoms with Crippen LogP contribution < -0.4 is 0 Å². The summed E-state index contributed by atoms with van der Waals surface area (Å²) in [5.74, 6) is 1.82. The third kappa shape index (κ3) is 1.85. The lowest BCUT2D eigenvalue weighted by atomic mass is 9.90. The quantitative estimate of drug-likeness (QED) is 0.756. The molecule has 18 heavy (non-hydrogen) atoms. The van der Waals surface area contributed by atoms with E-state index in [0.29, 0.717) is 5.92 Å². The Morgan fingerprint density at radius 1 is 1.11 bits per heavy atom. The van der Waals surface area contributed by atoms with Gasteiger partial charge in [-0.1, -0.05) is 12.1 Å². The fraction of sp³-hybridized carbons (Fsp3) is 0.500. The highest BCUT2D eigenvalue weighted by molar-refractivity contribution is 5.90. The van der Waals surface area contributed by atoms with Gasteiger partial charge in [0.25, 0.3) is 0 Å². The largest absolute Gasteiger partial charge is 0.468 e. The number of rotatable bonds is 1. The third-order valence-electron chi connectivity index (χ3n) is 4.31. The second kappa shape index (κ2) is 4.43. The van der Waals surface area contributed by atoms with Crippen molar-refractivity contribution in [3.8, 4) is 0 Å². The molecule has 2 heteroatoms. The zero-order valence-corrected chi connectivity index (χ0v) is 11.5. The SMILES string of the molecule is Cc1ccc(C)c2c(C3CCN(C)CC3)occ12. The molecule has 0 aliphatic carbocycles. The molecule has 0 bridgehead atoms. The van der Waals surface area contributed by atoms with Crippen molar-refractivity contribution in [2.24, 2.45) is 0 Å². The Balaban J connectivity index is 2.05. The van der Waals surface area contributed by atoms with Gasteiger partial charge in [-0.2, -0.15) is 0 Å². The monoisotopic (exact) mass is 243 g/mol. The van der Waals surface area contributed by atoms with Crippen LogP contribution in [-0.4, -0.2) is 25.0 Å². The normalized spacial score (nSPS) is 18.6. The van der Waals surface area contributed by atoms with E-state index in [2.05, 4.69) is 37.9 Å². The Hall–Kier alpha value is -1.28. The highest BCUT2D eigenvalue weighted by Gasteiger charge is 2.24. The van der Waals surface area contributed by atoms with E-state index in [9.17, 15) is 0 Å². The van der Waals surface area contributed by atoms with Gasteiger partial charge in [0, 0.05) is 16.7 Å². The number of likely N-dealkylation sites (tertiary alicyclic amines) is 1. The van der Waals surface area contributed by atoms with Gasteiger partial charge in [-0.05, 0) is 58.0 Å². The number of hydrogen-bond donors (Lipinski definition) is 0. The van der Waals surface area contributed by atoms with Crippen LogP contribution in [0.2, 0.25) is 0 Å². The van der Waals surface area contributed by atoms with Gasteiger partial charge in [0.15, 0.2) is 0 Å². The van der Waals surface area contributed by atoms with Crippen LogP contribution in [0.15, 0.2) is 22.8 Å². The number of benzene rings is 1. The van der Waals surface area contributed by atoms with Gasteiger partial charge >= 0.3 is 0 Å². The molecular formula is C16H21NO. The third-order valence-corrected chi connectivity index (χ3v) is 4.31. The lowest BCUT2D eigenvalue weighted by Gasteiger charge is -2.28. The summed E-state index contributed by atoms with van der Waals surface area (Å²) >= 11 is 0. The van der Waals surface area contributed by atoms with Gasteiger partial charge < -0.3 is 9.32 Å². The van der Waals surface area contributed by atoms with E-state index in [1.54, 1.807) is 0 Å². The van der Waals surface area contributed by atoms with Gasteiger partial charge in [0.2, 0.25) is 0 Å². The molecule has 2 aromatic rings. The van der Waals surface area contributed by atoms with Crippen LogP contribution >= 0.6 is 0 Å². The summed E-state index contributed by atoms with van der Waals surface area (Å²) in [6.07, 6.45) is 4.38. The molecule has 0 radical (unpaired) electrons. The number of aryl methyl sites for hydroxylation is 2. The van der Waals surface area contributed by atoms with Crippen molar-refractivity contribution in [2.75, 3.05) is 20.1 Å². The predicted octanol–water partition coefficient (Wildman–Crippen LogP) is 3.86. The fourth-order valence-corrected chi connectivity index (χ4v) is 3.06. The molecule has 1 aliphatic heterocycles. The summed E-state index contributed by atoms with van der Waals surface area (Å²) < 4.78 is 5.93. The van der Waals surface area contributed by atoms with Gasteiger partial charge in [-0.15, -0.1) is 0 Å². The molecule has 1 saturated heterocycles. The molecule has 2 heterocycles. The Morgan fingerprint density at radius 3 is 2.50 bits per heavy atom. The van der Waals surface area contributed by atoms with E-state index < -0.39 is 0 Å². The topological polar surface area (TPSA) is 16.4 Å². The summed E-state index contributed by atoms with van der Waals surface area (Å²) in [5.41, 5.74) is 2.66. The first-order valence-corrected chi connectivity index (χ1v) is 6.82. The van der Waals surface area contributed by atoms with Gasteiger partial charge in [-0.3, -0.25) is 0 Å². The first-order valence-electron chi connectivity index (χ1n) is 6.82. The molecule has 3 rings (SSSR count). The molecule has 0 unspecified atom stereocenters. The van der Waals surface area contributed by atoms with E-state index in [-0.39, 0.29) is 0 Å². The molecule has 0 spiro atoms. The van der Waals surface area contributed by atoms with Crippen molar-refractivity contribution < 1.29 is 4.42 Å². The molecule has 1 fully saturated rings. The maximum Gasteiger partial charge on any atom is 0.115 e. The molecule has 2 nitrogen and oxygen atoms in total. The van der Waals surface area contributed by atoms with Crippen molar-refractivity contribution in [1.82, 2.24) is 4.90 Å². The van der Waals surface area contributed by atoms with E-state index in [4.69, 9.17) is 4.42 Å². The van der Waals surface area contributed by atoms with Crippen molar-refractivity contribution in [2.45, 2.75) is 32.6 Å². The Bertz CT molecular complexity index is 562. The number of furan rings is 1. The number of fused-ring (bicyclic) bond motifs is 1. The summed E-state index contributed by atoms with van der Waals surface area (Å²) in [6.45, 7) is 6.71. The van der Waals surface area contributed by atoms with Gasteiger partial charge in [-0.25, -0.2) is 0 Å². The number of hydrogen-bond acceptors (Lipinski definition) is 2. The summed E-state index contributed by atoms with van der Waals surface area (Å²) in [7, 11) is 2.20. The molecule has 0 atom stereocenters. The van der Waals surface area contributed by atoms with E-state index >= 15 is 0 Å². The van der Waals surface area contributed by atoms with E-state index in [1.165, 1.54) is 53.6 Å². The Labute approximate surface area is 109 Å². The molecule has 1 aromatic heterocycles. The summed E-state index contributed by atoms with van der Waals surface area (Å²) in [5, 5.41) is 2.66. The maximum absolute atomic E-state index is 5.93. The predicted molar refractivity (Wildman–Crippen MR) is 75.2 cm³/mol. The standard InChI is InChI=1S/C16H21NO/c1-11-4-5-12(2)15-14(11)10-18-16(15)13-6-8-17(3)9-7-13/h4-5,10,13H,6-9H2,1-3H3. The average Bonchev–Trinajstić information content (AvgIpc) is 2.81. The molecule has 0 saturated carbocycles. The van der Waals surface area contributed by atoms with Crippen LogP contribution in [0.5, 0.6) is 0 Å². The Kier molecular flexibility index (Phi) is 2.90. The minimum atomic E-state index is 0.596. The van der Waals surface area contributed by atoms with Crippen LogP contribution in [0.3, 0.4) is 0 Å². The van der Waals surface area contributed by atoms with Gasteiger partial charge in [0.1, 0.15) is 5.76 Å². The van der Waals surface area contributed by atoms with Crippen molar-refractivity contribution in [3.05, 3.63) is 35.3 Å². The maximum atomic E-state index is 5.93. The van der Waals surface area contributed by atoms with Crippen LogP contribution in [0.4, 0.5) is 0 Å². The molecule has 1 aliphatic rings. The van der Waals surface area contributed by atoms with Crippen molar-refractivity contribution in [1.29, 1.82) is 0 Å². The van der Waals surface area contributed by atoms with Gasteiger partial charge in [0.05, 0.1) is 6.26 Å². The van der Waals surface area contributed by atoms with Crippen molar-refractivity contribution >= 4 is 10.8 Å². The first kappa shape index (κ1) is 11.8. The van der Waals surface area contributed by atoms with Crippen LogP contribution in [0.1, 0.15) is 35.6 Å². The smallest absolute Gasteiger partial charge is 0.115 e. The summed E-state index contributed by atoms with van der Waals surface area (Å²) in [6, 6.07) is 4.40.